The minimum atomic E-state index is -0.362. The zero-order valence-corrected chi connectivity index (χ0v) is 23.7. The minimum Gasteiger partial charge on any atom is -0.350 e. The van der Waals surface area contributed by atoms with Gasteiger partial charge in [0, 0.05) is 12.8 Å². The van der Waals surface area contributed by atoms with Gasteiger partial charge in [0.1, 0.15) is 0 Å². The van der Waals surface area contributed by atoms with Crippen LogP contribution in [-0.4, -0.2) is 44.0 Å². The second-order valence-electron chi connectivity index (χ2n) is 10.9. The predicted molar refractivity (Wildman–Crippen MR) is 149 cm³/mol. The summed E-state index contributed by atoms with van der Waals surface area (Å²) in [6, 6.07) is 0. The molecule has 200 valence electrons. The smallest absolute Gasteiger partial charge is 0.168 e. The Morgan fingerprint density at radius 1 is 0.853 bits per heavy atom. The Kier molecular flexibility index (Phi) is 19.0. The monoisotopic (exact) mass is 477 g/mol. The minimum absolute atomic E-state index is 0.336. The van der Waals surface area contributed by atoms with Crippen molar-refractivity contribution in [2.24, 2.45) is 5.92 Å². The van der Waals surface area contributed by atoms with Gasteiger partial charge in [-0.05, 0) is 97.2 Å². The molecule has 1 heterocycles. The topological polar surface area (TPSA) is 21.7 Å². The SMILES string of the molecule is CCCCC/C=C\CCCCC1(CCC(C)C/C=C\CCCCC)OCCC(CCN(C)C)O1. The Bertz CT molecular complexity index is 516. The number of ether oxygens (including phenoxy) is 2. The van der Waals surface area contributed by atoms with E-state index >= 15 is 0 Å². The van der Waals surface area contributed by atoms with Gasteiger partial charge in [-0.1, -0.05) is 70.8 Å². The first kappa shape index (κ1) is 31.4. The summed E-state index contributed by atoms with van der Waals surface area (Å²) in [5.41, 5.74) is 0. The van der Waals surface area contributed by atoms with Crippen LogP contribution in [0.5, 0.6) is 0 Å². The lowest BCUT2D eigenvalue weighted by Gasteiger charge is -2.42. The molecule has 0 aliphatic carbocycles. The number of hydrogen-bond acceptors (Lipinski definition) is 3. The summed E-state index contributed by atoms with van der Waals surface area (Å²) in [6.45, 7) is 8.86. The van der Waals surface area contributed by atoms with Crippen molar-refractivity contribution >= 4 is 0 Å². The van der Waals surface area contributed by atoms with Crippen LogP contribution in [0.1, 0.15) is 130 Å². The third kappa shape index (κ3) is 16.1. The van der Waals surface area contributed by atoms with Crippen LogP contribution >= 0.6 is 0 Å². The summed E-state index contributed by atoms with van der Waals surface area (Å²) < 4.78 is 13.2. The van der Waals surface area contributed by atoms with E-state index in [9.17, 15) is 0 Å². The molecule has 3 nitrogen and oxygen atoms in total. The van der Waals surface area contributed by atoms with Gasteiger partial charge in [-0.15, -0.1) is 0 Å². The first-order valence-electron chi connectivity index (χ1n) is 14.8. The molecule has 3 unspecified atom stereocenters. The van der Waals surface area contributed by atoms with Crippen molar-refractivity contribution in [1.82, 2.24) is 4.90 Å². The number of unbranched alkanes of at least 4 members (excludes halogenated alkanes) is 8. The van der Waals surface area contributed by atoms with Gasteiger partial charge in [-0.3, -0.25) is 0 Å². The Labute approximate surface area is 213 Å². The molecule has 3 atom stereocenters. The fraction of sp³-hybridized carbons (Fsp3) is 0.871. The molecule has 0 aromatic rings. The van der Waals surface area contributed by atoms with Gasteiger partial charge in [-0.2, -0.15) is 0 Å². The highest BCUT2D eigenvalue weighted by molar-refractivity contribution is 4.85. The van der Waals surface area contributed by atoms with E-state index < -0.39 is 0 Å². The summed E-state index contributed by atoms with van der Waals surface area (Å²) in [6.07, 6.45) is 30.5. The second-order valence-corrected chi connectivity index (χ2v) is 10.9. The summed E-state index contributed by atoms with van der Waals surface area (Å²) in [5.74, 6) is 0.318. The van der Waals surface area contributed by atoms with Gasteiger partial charge in [0.2, 0.25) is 0 Å². The van der Waals surface area contributed by atoms with Crippen molar-refractivity contribution in [3.63, 3.8) is 0 Å². The Morgan fingerprint density at radius 3 is 2.09 bits per heavy atom. The molecule has 0 bridgehead atoms. The zero-order chi connectivity index (χ0) is 24.9. The van der Waals surface area contributed by atoms with Crippen LogP contribution in [0.4, 0.5) is 0 Å². The number of allylic oxidation sites excluding steroid dienone is 4. The summed E-state index contributed by atoms with van der Waals surface area (Å²) in [4.78, 5) is 2.27. The van der Waals surface area contributed by atoms with Gasteiger partial charge >= 0.3 is 0 Å². The van der Waals surface area contributed by atoms with E-state index in [1.165, 1.54) is 83.5 Å². The molecule has 1 aliphatic rings. The molecule has 1 rings (SSSR count). The number of rotatable bonds is 21. The van der Waals surface area contributed by atoms with Gasteiger partial charge in [0.25, 0.3) is 0 Å². The second kappa shape index (κ2) is 20.5. The van der Waals surface area contributed by atoms with Crippen molar-refractivity contribution in [1.29, 1.82) is 0 Å². The lowest BCUT2D eigenvalue weighted by Crippen LogP contribution is -2.45. The molecular formula is C31H59NO2. The Balaban J connectivity index is 2.50. The van der Waals surface area contributed by atoms with Crippen molar-refractivity contribution in [3.8, 4) is 0 Å². The van der Waals surface area contributed by atoms with E-state index in [1.807, 2.05) is 0 Å². The van der Waals surface area contributed by atoms with Gasteiger partial charge in [-0.25, -0.2) is 0 Å². The lowest BCUT2D eigenvalue weighted by atomic mass is 9.93. The third-order valence-electron chi connectivity index (χ3n) is 7.10. The van der Waals surface area contributed by atoms with Crippen molar-refractivity contribution in [2.75, 3.05) is 27.2 Å². The molecule has 0 saturated carbocycles. The van der Waals surface area contributed by atoms with E-state index in [0.29, 0.717) is 12.0 Å². The summed E-state index contributed by atoms with van der Waals surface area (Å²) in [5, 5.41) is 0. The highest BCUT2D eigenvalue weighted by Gasteiger charge is 2.37. The normalized spacial score (nSPS) is 22.4. The summed E-state index contributed by atoms with van der Waals surface area (Å²) in [7, 11) is 4.31. The molecule has 0 N–H and O–H groups in total. The molecule has 1 aliphatic heterocycles. The molecule has 1 fully saturated rings. The molecule has 1 saturated heterocycles. The van der Waals surface area contributed by atoms with E-state index in [4.69, 9.17) is 9.47 Å². The third-order valence-corrected chi connectivity index (χ3v) is 7.10. The number of hydrogen-bond donors (Lipinski definition) is 0. The van der Waals surface area contributed by atoms with E-state index in [-0.39, 0.29) is 5.79 Å². The van der Waals surface area contributed by atoms with Crippen molar-refractivity contribution < 1.29 is 9.47 Å². The van der Waals surface area contributed by atoms with Crippen molar-refractivity contribution in [3.05, 3.63) is 24.3 Å². The largest absolute Gasteiger partial charge is 0.350 e. The van der Waals surface area contributed by atoms with Crippen molar-refractivity contribution in [2.45, 2.75) is 142 Å². The van der Waals surface area contributed by atoms with Crippen LogP contribution in [-0.2, 0) is 9.47 Å². The summed E-state index contributed by atoms with van der Waals surface area (Å²) >= 11 is 0. The predicted octanol–water partition coefficient (Wildman–Crippen LogP) is 9.08. The highest BCUT2D eigenvalue weighted by atomic mass is 16.7. The van der Waals surface area contributed by atoms with Gasteiger partial charge in [0.15, 0.2) is 5.79 Å². The quantitative estimate of drug-likeness (QED) is 0.121. The van der Waals surface area contributed by atoms with Crippen LogP contribution in [0.15, 0.2) is 24.3 Å². The average molecular weight is 478 g/mol. The molecule has 0 aromatic heterocycles. The Hall–Kier alpha value is -0.640. The molecule has 3 heteroatoms. The Morgan fingerprint density at radius 2 is 1.47 bits per heavy atom. The van der Waals surface area contributed by atoms with E-state index in [2.05, 4.69) is 64.1 Å². The first-order valence-corrected chi connectivity index (χ1v) is 14.8. The van der Waals surface area contributed by atoms with Crippen LogP contribution < -0.4 is 0 Å². The first-order chi connectivity index (χ1) is 16.5. The maximum atomic E-state index is 6.73. The molecular weight excluding hydrogens is 418 g/mol. The standard InChI is InChI=1S/C31H59NO2/c1-6-8-10-12-14-15-16-18-20-25-31(33-28-24-30(34-31)23-27-32(4)5)26-22-29(3)21-19-17-13-11-9-7-2/h14-15,17,19,29-30H,6-13,16,18,20-28H2,1-5H3/b15-14-,19-17-. The van der Waals surface area contributed by atoms with Gasteiger partial charge in [0.05, 0.1) is 12.7 Å². The molecule has 0 amide bonds. The number of nitrogens with zero attached hydrogens (tertiary/aromatic N) is 1. The van der Waals surface area contributed by atoms with E-state index in [0.717, 1.165) is 38.8 Å². The maximum absolute atomic E-state index is 6.73. The fourth-order valence-electron chi connectivity index (χ4n) is 4.71. The lowest BCUT2D eigenvalue weighted by molar-refractivity contribution is -0.302. The maximum Gasteiger partial charge on any atom is 0.168 e. The molecule has 0 aromatic carbocycles. The zero-order valence-electron chi connectivity index (χ0n) is 23.7. The van der Waals surface area contributed by atoms with Crippen LogP contribution in [0, 0.1) is 5.92 Å². The fourth-order valence-corrected chi connectivity index (χ4v) is 4.71. The van der Waals surface area contributed by atoms with Gasteiger partial charge < -0.3 is 14.4 Å². The molecule has 34 heavy (non-hydrogen) atoms. The average Bonchev–Trinajstić information content (AvgIpc) is 2.83. The highest BCUT2D eigenvalue weighted by Crippen LogP contribution is 2.35. The van der Waals surface area contributed by atoms with E-state index in [1.54, 1.807) is 0 Å². The van der Waals surface area contributed by atoms with Crippen LogP contribution in [0.3, 0.4) is 0 Å². The molecule has 0 spiro atoms. The van der Waals surface area contributed by atoms with Crippen LogP contribution in [0.2, 0.25) is 0 Å². The molecule has 0 radical (unpaired) electrons. The van der Waals surface area contributed by atoms with Crippen LogP contribution in [0.25, 0.3) is 0 Å².